The van der Waals surface area contributed by atoms with Gasteiger partial charge in [0.15, 0.2) is 0 Å². The van der Waals surface area contributed by atoms with Crippen LogP contribution in [0.1, 0.15) is 79.3 Å². The number of aromatic nitrogens is 4. The lowest BCUT2D eigenvalue weighted by molar-refractivity contribution is 0.0948. The summed E-state index contributed by atoms with van der Waals surface area (Å²) in [5.41, 5.74) is 3.87. The molecular formula is C21H32N6O. The smallest absolute Gasteiger partial charge is 0.255 e. The summed E-state index contributed by atoms with van der Waals surface area (Å²) in [5, 5.41) is 15.0. The first-order valence-corrected chi connectivity index (χ1v) is 10.7. The highest BCUT2D eigenvalue weighted by Crippen LogP contribution is 2.33. The van der Waals surface area contributed by atoms with E-state index in [1.54, 1.807) is 6.20 Å². The molecule has 2 aromatic rings. The molecule has 0 bridgehead atoms. The molecule has 28 heavy (non-hydrogen) atoms. The van der Waals surface area contributed by atoms with E-state index in [9.17, 15) is 4.79 Å². The van der Waals surface area contributed by atoms with Crippen molar-refractivity contribution in [2.24, 2.45) is 5.92 Å². The van der Waals surface area contributed by atoms with Crippen LogP contribution in [0.25, 0.3) is 0 Å². The first-order chi connectivity index (χ1) is 13.6. The second-order valence-corrected chi connectivity index (χ2v) is 8.69. The molecule has 152 valence electrons. The Kier molecular flexibility index (Phi) is 5.80. The summed E-state index contributed by atoms with van der Waals surface area (Å²) in [7, 11) is 0. The van der Waals surface area contributed by atoms with Crippen LogP contribution < -0.4 is 5.32 Å². The Balaban J connectivity index is 1.36. The lowest BCUT2D eigenvalue weighted by atomic mass is 9.85. The van der Waals surface area contributed by atoms with Gasteiger partial charge in [-0.25, -0.2) is 0 Å². The number of nitrogens with one attached hydrogen (secondary N) is 2. The molecule has 1 aliphatic carbocycles. The number of hydrogen-bond donors (Lipinski definition) is 2. The van der Waals surface area contributed by atoms with Crippen molar-refractivity contribution in [1.29, 1.82) is 0 Å². The Hall–Kier alpha value is -2.15. The molecule has 2 aliphatic rings. The van der Waals surface area contributed by atoms with Crippen LogP contribution in [0.5, 0.6) is 0 Å². The monoisotopic (exact) mass is 384 g/mol. The Morgan fingerprint density at radius 2 is 2.11 bits per heavy atom. The maximum absolute atomic E-state index is 12.7. The fourth-order valence-corrected chi connectivity index (χ4v) is 4.58. The van der Waals surface area contributed by atoms with Crippen LogP contribution in [-0.4, -0.2) is 43.9 Å². The SMILES string of the molecule is CC(C)CN1CCn2nc(CNC(=O)c3cn[nH]c3C3CCCCC3)cc2C1. The average Bonchev–Trinajstić information content (AvgIpc) is 3.33. The van der Waals surface area contributed by atoms with Crippen molar-refractivity contribution >= 4 is 5.91 Å². The first-order valence-electron chi connectivity index (χ1n) is 10.7. The van der Waals surface area contributed by atoms with Crippen molar-refractivity contribution < 1.29 is 4.79 Å². The summed E-state index contributed by atoms with van der Waals surface area (Å²) < 4.78 is 2.09. The summed E-state index contributed by atoms with van der Waals surface area (Å²) in [4.78, 5) is 15.2. The Morgan fingerprint density at radius 3 is 2.89 bits per heavy atom. The van der Waals surface area contributed by atoms with Gasteiger partial charge in [-0.05, 0) is 24.8 Å². The molecule has 4 rings (SSSR count). The topological polar surface area (TPSA) is 78.8 Å². The molecule has 0 unspecified atom stereocenters. The van der Waals surface area contributed by atoms with Gasteiger partial charge in [0.25, 0.3) is 5.91 Å². The minimum Gasteiger partial charge on any atom is -0.346 e. The second-order valence-electron chi connectivity index (χ2n) is 8.69. The normalized spacial score (nSPS) is 18.4. The van der Waals surface area contributed by atoms with Crippen molar-refractivity contribution in [2.75, 3.05) is 13.1 Å². The summed E-state index contributed by atoms with van der Waals surface area (Å²) in [6.45, 7) is 8.98. The molecule has 0 radical (unpaired) electrons. The molecule has 0 atom stereocenters. The van der Waals surface area contributed by atoms with Gasteiger partial charge in [-0.2, -0.15) is 10.2 Å². The zero-order chi connectivity index (χ0) is 19.5. The lowest BCUT2D eigenvalue weighted by Crippen LogP contribution is -2.36. The number of nitrogens with zero attached hydrogens (tertiary/aromatic N) is 4. The summed E-state index contributed by atoms with van der Waals surface area (Å²) in [6, 6.07) is 2.13. The second kappa shape index (κ2) is 8.47. The molecule has 3 heterocycles. The number of aromatic amines is 1. The van der Waals surface area contributed by atoms with Gasteiger partial charge in [0.05, 0.1) is 41.9 Å². The fraction of sp³-hybridized carbons (Fsp3) is 0.667. The molecule has 0 spiro atoms. The number of H-pyrrole nitrogens is 1. The van der Waals surface area contributed by atoms with E-state index in [1.807, 2.05) is 0 Å². The van der Waals surface area contributed by atoms with E-state index in [0.717, 1.165) is 50.4 Å². The van der Waals surface area contributed by atoms with E-state index in [0.29, 0.717) is 23.9 Å². The van der Waals surface area contributed by atoms with Crippen LogP contribution in [0.3, 0.4) is 0 Å². The predicted molar refractivity (Wildman–Crippen MR) is 108 cm³/mol. The van der Waals surface area contributed by atoms with Crippen molar-refractivity contribution in [3.63, 3.8) is 0 Å². The molecule has 1 amide bonds. The van der Waals surface area contributed by atoms with Crippen molar-refractivity contribution in [3.8, 4) is 0 Å². The largest absolute Gasteiger partial charge is 0.346 e. The van der Waals surface area contributed by atoms with Crippen LogP contribution in [0.15, 0.2) is 12.3 Å². The van der Waals surface area contributed by atoms with E-state index < -0.39 is 0 Å². The predicted octanol–water partition coefficient (Wildman–Crippen LogP) is 3.06. The van der Waals surface area contributed by atoms with Crippen LogP contribution in [0.2, 0.25) is 0 Å². The number of carbonyl (C=O) groups is 1. The van der Waals surface area contributed by atoms with Gasteiger partial charge in [-0.3, -0.25) is 19.5 Å². The van der Waals surface area contributed by atoms with Gasteiger partial charge in [-0.15, -0.1) is 0 Å². The first kappa shape index (κ1) is 19.2. The van der Waals surface area contributed by atoms with Gasteiger partial charge in [0, 0.05) is 25.6 Å². The van der Waals surface area contributed by atoms with Gasteiger partial charge in [0.2, 0.25) is 0 Å². The highest BCUT2D eigenvalue weighted by atomic mass is 16.1. The van der Waals surface area contributed by atoms with E-state index in [1.165, 1.54) is 25.0 Å². The minimum absolute atomic E-state index is 0.0540. The third-order valence-electron chi connectivity index (χ3n) is 5.91. The van der Waals surface area contributed by atoms with Crippen molar-refractivity contribution in [3.05, 3.63) is 34.9 Å². The number of fused-ring (bicyclic) bond motifs is 1. The van der Waals surface area contributed by atoms with Crippen LogP contribution in [-0.2, 0) is 19.6 Å². The number of amides is 1. The number of rotatable bonds is 6. The van der Waals surface area contributed by atoms with E-state index in [2.05, 4.69) is 50.1 Å². The van der Waals surface area contributed by atoms with Crippen LogP contribution in [0, 0.1) is 5.92 Å². The third-order valence-corrected chi connectivity index (χ3v) is 5.91. The van der Waals surface area contributed by atoms with Gasteiger partial charge >= 0.3 is 0 Å². The number of hydrogen-bond acceptors (Lipinski definition) is 4. The van der Waals surface area contributed by atoms with Crippen LogP contribution in [0.4, 0.5) is 0 Å². The highest BCUT2D eigenvalue weighted by Gasteiger charge is 2.24. The Morgan fingerprint density at radius 1 is 1.29 bits per heavy atom. The van der Waals surface area contributed by atoms with E-state index in [4.69, 9.17) is 0 Å². The zero-order valence-electron chi connectivity index (χ0n) is 17.1. The minimum atomic E-state index is -0.0540. The molecular weight excluding hydrogens is 352 g/mol. The highest BCUT2D eigenvalue weighted by molar-refractivity contribution is 5.95. The molecule has 7 nitrogen and oxygen atoms in total. The molecule has 1 saturated carbocycles. The van der Waals surface area contributed by atoms with Gasteiger partial charge in [0.1, 0.15) is 0 Å². The molecule has 7 heteroatoms. The summed E-state index contributed by atoms with van der Waals surface area (Å²) in [6.07, 6.45) is 7.72. The molecule has 0 saturated heterocycles. The van der Waals surface area contributed by atoms with Crippen LogP contribution >= 0.6 is 0 Å². The molecule has 0 aromatic carbocycles. The van der Waals surface area contributed by atoms with E-state index in [-0.39, 0.29) is 5.91 Å². The van der Waals surface area contributed by atoms with Crippen molar-refractivity contribution in [2.45, 2.75) is 71.5 Å². The summed E-state index contributed by atoms with van der Waals surface area (Å²) >= 11 is 0. The Labute approximate surface area is 166 Å². The maximum Gasteiger partial charge on any atom is 0.255 e. The molecule has 1 fully saturated rings. The number of carbonyl (C=O) groups excluding carboxylic acids is 1. The molecule has 2 aromatic heterocycles. The Bertz CT molecular complexity index is 802. The van der Waals surface area contributed by atoms with Gasteiger partial charge < -0.3 is 5.32 Å². The lowest BCUT2D eigenvalue weighted by Gasteiger charge is -2.28. The summed E-state index contributed by atoms with van der Waals surface area (Å²) in [5.74, 6) is 1.05. The van der Waals surface area contributed by atoms with Crippen molar-refractivity contribution in [1.82, 2.24) is 30.2 Å². The quantitative estimate of drug-likeness (QED) is 0.802. The van der Waals surface area contributed by atoms with E-state index >= 15 is 0 Å². The fourth-order valence-electron chi connectivity index (χ4n) is 4.58. The van der Waals surface area contributed by atoms with Gasteiger partial charge in [-0.1, -0.05) is 33.1 Å². The average molecular weight is 385 g/mol. The maximum atomic E-state index is 12.7. The zero-order valence-corrected chi connectivity index (χ0v) is 17.1. The standard InChI is InChI=1S/C21H32N6O/c1-15(2)13-26-8-9-27-18(14-26)10-17(25-27)11-22-21(28)19-12-23-24-20(19)16-6-4-3-5-7-16/h10,12,15-16H,3-9,11,13-14H2,1-2H3,(H,22,28)(H,23,24). The molecule has 2 N–H and O–H groups in total. The molecule has 1 aliphatic heterocycles. The third kappa shape index (κ3) is 4.29.